The highest BCUT2D eigenvalue weighted by atomic mass is 16.5. The van der Waals surface area contributed by atoms with Crippen molar-refractivity contribution in [2.75, 3.05) is 19.7 Å². The van der Waals surface area contributed by atoms with Gasteiger partial charge in [0.2, 0.25) is 0 Å². The molecule has 0 radical (unpaired) electrons. The average molecular weight is 367 g/mol. The molecule has 1 amide bonds. The summed E-state index contributed by atoms with van der Waals surface area (Å²) < 4.78 is 10.9. The van der Waals surface area contributed by atoms with Gasteiger partial charge in [-0.25, -0.2) is 4.79 Å². The van der Waals surface area contributed by atoms with Crippen LogP contribution in [-0.2, 0) is 9.53 Å². The minimum Gasteiger partial charge on any atom is -0.457 e. The largest absolute Gasteiger partial charge is 0.457 e. The van der Waals surface area contributed by atoms with Crippen molar-refractivity contribution in [3.63, 3.8) is 0 Å². The molecule has 0 aliphatic carbocycles. The summed E-state index contributed by atoms with van der Waals surface area (Å²) in [5.74, 6) is 1.67. The Labute approximate surface area is 159 Å². The number of hydrogen-bond donors (Lipinski definition) is 0. The number of rotatable bonds is 5. The van der Waals surface area contributed by atoms with Crippen molar-refractivity contribution < 1.29 is 19.1 Å². The number of likely N-dealkylation sites (tertiary alicyclic amines) is 1. The van der Waals surface area contributed by atoms with Gasteiger partial charge in [-0.1, -0.05) is 32.0 Å². The Balaban J connectivity index is 1.51. The molecule has 1 saturated heterocycles. The van der Waals surface area contributed by atoms with E-state index >= 15 is 0 Å². The van der Waals surface area contributed by atoms with Crippen molar-refractivity contribution in [2.45, 2.75) is 20.3 Å². The van der Waals surface area contributed by atoms with Gasteiger partial charge in [0.15, 0.2) is 6.61 Å². The lowest BCUT2D eigenvalue weighted by atomic mass is 9.92. The number of carbonyl (C=O) groups excluding carboxylic acids is 2. The number of benzene rings is 2. The highest BCUT2D eigenvalue weighted by molar-refractivity contribution is 5.91. The first kappa shape index (κ1) is 19.0. The summed E-state index contributed by atoms with van der Waals surface area (Å²) >= 11 is 0. The lowest BCUT2D eigenvalue weighted by Gasteiger charge is -2.34. The molecule has 1 aliphatic heterocycles. The summed E-state index contributed by atoms with van der Waals surface area (Å²) in [5, 5.41) is 0. The van der Waals surface area contributed by atoms with Crippen LogP contribution in [0.2, 0.25) is 0 Å². The first-order chi connectivity index (χ1) is 13.0. The van der Waals surface area contributed by atoms with Gasteiger partial charge in [-0.3, -0.25) is 4.79 Å². The van der Waals surface area contributed by atoms with Crippen LogP contribution < -0.4 is 4.74 Å². The molecule has 0 aromatic heterocycles. The molecule has 1 aliphatic rings. The maximum atomic E-state index is 12.3. The Hall–Kier alpha value is -2.82. The molecule has 0 saturated carbocycles. The summed E-state index contributed by atoms with van der Waals surface area (Å²) in [6.45, 7) is 5.51. The van der Waals surface area contributed by atoms with Gasteiger partial charge < -0.3 is 14.4 Å². The Kier molecular flexibility index (Phi) is 6.12. The van der Waals surface area contributed by atoms with Gasteiger partial charge in [0.25, 0.3) is 5.91 Å². The van der Waals surface area contributed by atoms with Gasteiger partial charge in [0.05, 0.1) is 5.56 Å². The SMILES string of the molecule is C[C@H]1C[C@H](C)CN(C(=O)COC(=O)c2ccc(Oc3ccccc3)cc2)C1. The van der Waals surface area contributed by atoms with Crippen LogP contribution in [0.15, 0.2) is 54.6 Å². The van der Waals surface area contributed by atoms with E-state index in [0.717, 1.165) is 25.3 Å². The van der Waals surface area contributed by atoms with Crippen molar-refractivity contribution >= 4 is 11.9 Å². The standard InChI is InChI=1S/C22H25NO4/c1-16-12-17(2)14-23(13-16)21(24)15-26-22(25)18-8-10-20(11-9-18)27-19-6-4-3-5-7-19/h3-11,16-17H,12-15H2,1-2H3/t16-,17-/m0/s1. The van der Waals surface area contributed by atoms with Gasteiger partial charge in [-0.2, -0.15) is 0 Å². The second-order valence-corrected chi connectivity index (χ2v) is 7.26. The maximum Gasteiger partial charge on any atom is 0.338 e. The van der Waals surface area contributed by atoms with Crippen LogP contribution in [-0.4, -0.2) is 36.5 Å². The molecule has 0 N–H and O–H groups in total. The van der Waals surface area contributed by atoms with E-state index in [9.17, 15) is 9.59 Å². The monoisotopic (exact) mass is 367 g/mol. The van der Waals surface area contributed by atoms with Crippen molar-refractivity contribution in [2.24, 2.45) is 11.8 Å². The molecule has 1 fully saturated rings. The number of nitrogens with zero attached hydrogens (tertiary/aromatic N) is 1. The number of carbonyl (C=O) groups is 2. The third-order valence-corrected chi connectivity index (χ3v) is 4.62. The number of ether oxygens (including phenoxy) is 2. The summed E-state index contributed by atoms with van der Waals surface area (Å²) in [7, 11) is 0. The maximum absolute atomic E-state index is 12.3. The second-order valence-electron chi connectivity index (χ2n) is 7.26. The Morgan fingerprint density at radius 2 is 1.52 bits per heavy atom. The summed E-state index contributed by atoms with van der Waals surface area (Å²) in [6.07, 6.45) is 1.13. The Bertz CT molecular complexity index is 763. The van der Waals surface area contributed by atoms with Gasteiger partial charge in [-0.05, 0) is 54.7 Å². The number of para-hydroxylation sites is 1. The zero-order valence-corrected chi connectivity index (χ0v) is 15.8. The van der Waals surface area contributed by atoms with E-state index in [0.29, 0.717) is 23.1 Å². The lowest BCUT2D eigenvalue weighted by molar-refractivity contribution is -0.137. The highest BCUT2D eigenvalue weighted by Gasteiger charge is 2.26. The molecular formula is C22H25NO4. The molecule has 142 valence electrons. The van der Waals surface area contributed by atoms with E-state index in [1.807, 2.05) is 30.3 Å². The van der Waals surface area contributed by atoms with E-state index < -0.39 is 5.97 Å². The predicted molar refractivity (Wildman–Crippen MR) is 103 cm³/mol. The Morgan fingerprint density at radius 1 is 0.926 bits per heavy atom. The average Bonchev–Trinajstić information content (AvgIpc) is 2.66. The Morgan fingerprint density at radius 3 is 2.15 bits per heavy atom. The van der Waals surface area contributed by atoms with Crippen LogP contribution in [0.3, 0.4) is 0 Å². The number of piperidine rings is 1. The molecule has 3 rings (SSSR count). The van der Waals surface area contributed by atoms with E-state index in [4.69, 9.17) is 9.47 Å². The van der Waals surface area contributed by atoms with Gasteiger partial charge in [-0.15, -0.1) is 0 Å². The van der Waals surface area contributed by atoms with Crippen LogP contribution in [0.5, 0.6) is 11.5 Å². The predicted octanol–water partition coefficient (Wildman–Crippen LogP) is 4.14. The van der Waals surface area contributed by atoms with E-state index in [2.05, 4.69) is 13.8 Å². The van der Waals surface area contributed by atoms with Crippen LogP contribution in [0.1, 0.15) is 30.6 Å². The minimum atomic E-state index is -0.507. The molecule has 2 aromatic rings. The second kappa shape index (κ2) is 8.71. The number of hydrogen-bond acceptors (Lipinski definition) is 4. The van der Waals surface area contributed by atoms with Crippen LogP contribution in [0, 0.1) is 11.8 Å². The summed E-state index contributed by atoms with van der Waals surface area (Å²) in [6, 6.07) is 16.1. The third kappa shape index (κ3) is 5.33. The highest BCUT2D eigenvalue weighted by Crippen LogP contribution is 2.22. The molecule has 5 heteroatoms. The molecule has 0 spiro atoms. The fourth-order valence-electron chi connectivity index (χ4n) is 3.45. The van der Waals surface area contributed by atoms with Crippen molar-refractivity contribution in [1.82, 2.24) is 4.90 Å². The molecule has 2 aromatic carbocycles. The molecule has 0 unspecified atom stereocenters. The topological polar surface area (TPSA) is 55.8 Å². The van der Waals surface area contributed by atoms with Crippen LogP contribution >= 0.6 is 0 Å². The number of amides is 1. The van der Waals surface area contributed by atoms with Crippen molar-refractivity contribution in [3.8, 4) is 11.5 Å². The normalized spacial score (nSPS) is 19.4. The van der Waals surface area contributed by atoms with Gasteiger partial charge in [0, 0.05) is 13.1 Å². The molecule has 27 heavy (non-hydrogen) atoms. The zero-order valence-electron chi connectivity index (χ0n) is 15.8. The van der Waals surface area contributed by atoms with Crippen LogP contribution in [0.4, 0.5) is 0 Å². The van der Waals surface area contributed by atoms with Crippen molar-refractivity contribution in [3.05, 3.63) is 60.2 Å². The minimum absolute atomic E-state index is 0.134. The molecule has 2 atom stereocenters. The van der Waals surface area contributed by atoms with E-state index in [1.54, 1.807) is 29.2 Å². The smallest absolute Gasteiger partial charge is 0.338 e. The first-order valence-corrected chi connectivity index (χ1v) is 9.29. The van der Waals surface area contributed by atoms with E-state index in [1.165, 1.54) is 0 Å². The molecule has 0 bridgehead atoms. The third-order valence-electron chi connectivity index (χ3n) is 4.62. The van der Waals surface area contributed by atoms with Gasteiger partial charge >= 0.3 is 5.97 Å². The summed E-state index contributed by atoms with van der Waals surface area (Å²) in [5.41, 5.74) is 0.392. The van der Waals surface area contributed by atoms with Gasteiger partial charge in [0.1, 0.15) is 11.5 Å². The molecular weight excluding hydrogens is 342 g/mol. The van der Waals surface area contributed by atoms with Crippen molar-refractivity contribution in [1.29, 1.82) is 0 Å². The summed E-state index contributed by atoms with van der Waals surface area (Å²) in [4.78, 5) is 26.3. The van der Waals surface area contributed by atoms with E-state index in [-0.39, 0.29) is 12.5 Å². The lowest BCUT2D eigenvalue weighted by Crippen LogP contribution is -2.44. The molecule has 5 nitrogen and oxygen atoms in total. The molecule has 1 heterocycles. The van der Waals surface area contributed by atoms with Crippen LogP contribution in [0.25, 0.3) is 0 Å². The quantitative estimate of drug-likeness (QED) is 0.745. The first-order valence-electron chi connectivity index (χ1n) is 9.29. The fourth-order valence-corrected chi connectivity index (χ4v) is 3.45. The fraction of sp³-hybridized carbons (Fsp3) is 0.364. The zero-order chi connectivity index (χ0) is 19.2. The number of esters is 1.